The van der Waals surface area contributed by atoms with Crippen LogP contribution in [0.2, 0.25) is 0 Å². The van der Waals surface area contributed by atoms with Gasteiger partial charge in [0.2, 0.25) is 5.95 Å². The zero-order valence-electron chi connectivity index (χ0n) is 13.8. The Morgan fingerprint density at radius 2 is 2.00 bits per heavy atom. The summed E-state index contributed by atoms with van der Waals surface area (Å²) in [6.07, 6.45) is 3.10. The molecular formula is C18H24N4O. The van der Waals surface area contributed by atoms with E-state index in [-0.39, 0.29) is 6.61 Å². The standard InChI is InChI=1S/C18H24N4O/c1-12-4-5-13(2)15(10-12)20-17-11-16(14-6-7-14)21-18(22-17)19-8-3-9-23/h4-5,10-11,14,23H,3,6-9H2,1-2H3,(H2,19,20,21,22). The van der Waals surface area contributed by atoms with E-state index < -0.39 is 0 Å². The maximum absolute atomic E-state index is 8.91. The number of aliphatic hydroxyl groups excluding tert-OH is 1. The Labute approximate surface area is 137 Å². The lowest BCUT2D eigenvalue weighted by atomic mass is 10.1. The van der Waals surface area contributed by atoms with Crippen molar-refractivity contribution in [2.24, 2.45) is 0 Å². The van der Waals surface area contributed by atoms with E-state index in [4.69, 9.17) is 5.11 Å². The number of benzene rings is 1. The number of hydrogen-bond donors (Lipinski definition) is 3. The second-order valence-electron chi connectivity index (χ2n) is 6.22. The summed E-state index contributed by atoms with van der Waals surface area (Å²) >= 11 is 0. The van der Waals surface area contributed by atoms with Gasteiger partial charge >= 0.3 is 0 Å². The predicted octanol–water partition coefficient (Wildman–Crippen LogP) is 3.51. The van der Waals surface area contributed by atoms with Crippen LogP contribution in [0.25, 0.3) is 0 Å². The van der Waals surface area contributed by atoms with Crippen LogP contribution in [0, 0.1) is 13.8 Å². The maximum Gasteiger partial charge on any atom is 0.224 e. The molecule has 1 aromatic heterocycles. The molecule has 1 aromatic carbocycles. The number of rotatable bonds is 7. The minimum absolute atomic E-state index is 0.170. The first-order valence-electron chi connectivity index (χ1n) is 8.23. The largest absolute Gasteiger partial charge is 0.396 e. The molecule has 5 heteroatoms. The van der Waals surface area contributed by atoms with Gasteiger partial charge in [-0.05, 0) is 50.3 Å². The molecular weight excluding hydrogens is 288 g/mol. The minimum atomic E-state index is 0.170. The molecule has 1 aliphatic carbocycles. The molecule has 0 atom stereocenters. The molecule has 0 aliphatic heterocycles. The van der Waals surface area contributed by atoms with Crippen molar-refractivity contribution in [3.8, 4) is 0 Å². The third kappa shape index (κ3) is 4.20. The molecule has 1 saturated carbocycles. The molecule has 2 aromatic rings. The van der Waals surface area contributed by atoms with Gasteiger partial charge in [0.15, 0.2) is 0 Å². The van der Waals surface area contributed by atoms with Gasteiger partial charge in [0.1, 0.15) is 5.82 Å². The van der Waals surface area contributed by atoms with Crippen molar-refractivity contribution in [3.63, 3.8) is 0 Å². The highest BCUT2D eigenvalue weighted by Crippen LogP contribution is 2.40. The first-order chi connectivity index (χ1) is 11.2. The number of nitrogens with zero attached hydrogens (tertiary/aromatic N) is 2. The Morgan fingerprint density at radius 3 is 2.74 bits per heavy atom. The second kappa shape index (κ2) is 6.96. The van der Waals surface area contributed by atoms with Crippen molar-refractivity contribution < 1.29 is 5.11 Å². The van der Waals surface area contributed by atoms with E-state index >= 15 is 0 Å². The van der Waals surface area contributed by atoms with Crippen LogP contribution < -0.4 is 10.6 Å². The second-order valence-corrected chi connectivity index (χ2v) is 6.22. The predicted molar refractivity (Wildman–Crippen MR) is 93.4 cm³/mol. The summed E-state index contributed by atoms with van der Waals surface area (Å²) in [5.74, 6) is 2.02. The fraction of sp³-hybridized carbons (Fsp3) is 0.444. The van der Waals surface area contributed by atoms with Crippen LogP contribution in [-0.4, -0.2) is 28.2 Å². The summed E-state index contributed by atoms with van der Waals surface area (Å²) in [6.45, 7) is 5.02. The third-order valence-corrected chi connectivity index (χ3v) is 4.02. The fourth-order valence-electron chi connectivity index (χ4n) is 2.49. The number of aryl methyl sites for hydroxylation is 2. The molecule has 0 spiro atoms. The Kier molecular flexibility index (Phi) is 4.76. The summed E-state index contributed by atoms with van der Waals surface area (Å²) in [5, 5.41) is 15.5. The van der Waals surface area contributed by atoms with Gasteiger partial charge in [-0.3, -0.25) is 0 Å². The molecule has 0 bridgehead atoms. The summed E-state index contributed by atoms with van der Waals surface area (Å²) < 4.78 is 0. The molecule has 0 radical (unpaired) electrons. The van der Waals surface area contributed by atoms with Crippen molar-refractivity contribution in [2.45, 2.75) is 39.0 Å². The van der Waals surface area contributed by atoms with Crippen LogP contribution in [0.5, 0.6) is 0 Å². The van der Waals surface area contributed by atoms with Gasteiger partial charge in [-0.1, -0.05) is 12.1 Å². The first-order valence-corrected chi connectivity index (χ1v) is 8.23. The zero-order chi connectivity index (χ0) is 16.2. The number of anilines is 3. The molecule has 1 aliphatic rings. The summed E-state index contributed by atoms with van der Waals surface area (Å²) in [7, 11) is 0. The lowest BCUT2D eigenvalue weighted by molar-refractivity contribution is 0.292. The van der Waals surface area contributed by atoms with Crippen molar-refractivity contribution in [1.82, 2.24) is 9.97 Å². The first kappa shape index (κ1) is 15.7. The molecule has 3 N–H and O–H groups in total. The fourth-order valence-corrected chi connectivity index (χ4v) is 2.49. The van der Waals surface area contributed by atoms with Crippen molar-refractivity contribution in [3.05, 3.63) is 41.1 Å². The number of aliphatic hydroxyl groups is 1. The van der Waals surface area contributed by atoms with Gasteiger partial charge in [-0.25, -0.2) is 4.98 Å². The van der Waals surface area contributed by atoms with Crippen LogP contribution in [0.3, 0.4) is 0 Å². The quantitative estimate of drug-likeness (QED) is 0.683. The number of aromatic nitrogens is 2. The Balaban J connectivity index is 1.83. The van der Waals surface area contributed by atoms with Crippen LogP contribution in [0.15, 0.2) is 24.3 Å². The summed E-state index contributed by atoms with van der Waals surface area (Å²) in [5.41, 5.74) is 4.58. The van der Waals surface area contributed by atoms with E-state index in [1.54, 1.807) is 0 Å². The van der Waals surface area contributed by atoms with Crippen LogP contribution in [-0.2, 0) is 0 Å². The number of nitrogens with one attached hydrogen (secondary N) is 2. The number of hydrogen-bond acceptors (Lipinski definition) is 5. The monoisotopic (exact) mass is 312 g/mol. The maximum atomic E-state index is 8.91. The molecule has 23 heavy (non-hydrogen) atoms. The highest BCUT2D eigenvalue weighted by molar-refractivity contribution is 5.62. The van der Waals surface area contributed by atoms with E-state index in [2.05, 4.69) is 58.7 Å². The normalized spacial score (nSPS) is 13.9. The van der Waals surface area contributed by atoms with E-state index in [0.717, 1.165) is 17.2 Å². The molecule has 122 valence electrons. The summed E-state index contributed by atoms with van der Waals surface area (Å²) in [6, 6.07) is 8.41. The van der Waals surface area contributed by atoms with Gasteiger partial charge in [-0.2, -0.15) is 4.98 Å². The lowest BCUT2D eigenvalue weighted by Crippen LogP contribution is -2.09. The Morgan fingerprint density at radius 1 is 1.17 bits per heavy atom. The summed E-state index contributed by atoms with van der Waals surface area (Å²) in [4.78, 5) is 9.17. The Bertz CT molecular complexity index is 683. The van der Waals surface area contributed by atoms with Crippen LogP contribution in [0.4, 0.5) is 17.5 Å². The van der Waals surface area contributed by atoms with Crippen LogP contribution >= 0.6 is 0 Å². The van der Waals surface area contributed by atoms with E-state index in [1.165, 1.54) is 24.0 Å². The van der Waals surface area contributed by atoms with Crippen molar-refractivity contribution >= 4 is 17.5 Å². The average molecular weight is 312 g/mol. The van der Waals surface area contributed by atoms with E-state index in [1.807, 2.05) is 0 Å². The van der Waals surface area contributed by atoms with Crippen molar-refractivity contribution in [2.75, 3.05) is 23.8 Å². The molecule has 0 amide bonds. The van der Waals surface area contributed by atoms with Gasteiger partial charge < -0.3 is 15.7 Å². The van der Waals surface area contributed by atoms with Gasteiger partial charge in [0.05, 0.1) is 5.69 Å². The van der Waals surface area contributed by atoms with E-state index in [9.17, 15) is 0 Å². The zero-order valence-corrected chi connectivity index (χ0v) is 13.8. The average Bonchev–Trinajstić information content (AvgIpc) is 3.36. The molecule has 0 unspecified atom stereocenters. The highest BCUT2D eigenvalue weighted by atomic mass is 16.3. The van der Waals surface area contributed by atoms with Gasteiger partial charge in [-0.15, -0.1) is 0 Å². The topological polar surface area (TPSA) is 70.1 Å². The molecule has 1 heterocycles. The van der Waals surface area contributed by atoms with Gasteiger partial charge in [0.25, 0.3) is 0 Å². The third-order valence-electron chi connectivity index (χ3n) is 4.02. The van der Waals surface area contributed by atoms with Gasteiger partial charge in [0, 0.05) is 30.8 Å². The molecule has 0 saturated heterocycles. The highest BCUT2D eigenvalue weighted by Gasteiger charge is 2.26. The van der Waals surface area contributed by atoms with E-state index in [0.29, 0.717) is 24.8 Å². The van der Waals surface area contributed by atoms with Crippen LogP contribution in [0.1, 0.15) is 42.0 Å². The van der Waals surface area contributed by atoms with Crippen molar-refractivity contribution in [1.29, 1.82) is 0 Å². The SMILES string of the molecule is Cc1ccc(C)c(Nc2cc(C3CC3)nc(NCCCO)n2)c1. The molecule has 3 rings (SSSR count). The Hall–Kier alpha value is -2.14. The lowest BCUT2D eigenvalue weighted by Gasteiger charge is -2.13. The molecule has 5 nitrogen and oxygen atoms in total. The smallest absolute Gasteiger partial charge is 0.224 e. The molecule has 1 fully saturated rings. The minimum Gasteiger partial charge on any atom is -0.396 e.